The minimum atomic E-state index is -1.55. The van der Waals surface area contributed by atoms with E-state index in [0.29, 0.717) is 18.5 Å². The van der Waals surface area contributed by atoms with Crippen LogP contribution < -0.4 is 21.3 Å². The van der Waals surface area contributed by atoms with Crippen LogP contribution in [0.5, 0.6) is 5.75 Å². The Kier molecular flexibility index (Phi) is 9.16. The molecule has 33 heavy (non-hydrogen) atoms. The molecule has 0 spiro atoms. The van der Waals surface area contributed by atoms with E-state index >= 15 is 0 Å². The summed E-state index contributed by atoms with van der Waals surface area (Å²) in [6.45, 7) is 2.08. The monoisotopic (exact) mass is 464 g/mol. The second-order valence-electron chi connectivity index (χ2n) is 7.81. The summed E-state index contributed by atoms with van der Waals surface area (Å²) in [6.07, 6.45) is 0.542. The van der Waals surface area contributed by atoms with E-state index in [1.54, 1.807) is 0 Å². The lowest BCUT2D eigenvalue weighted by Crippen LogP contribution is -2.57. The van der Waals surface area contributed by atoms with Crippen molar-refractivity contribution in [2.45, 2.75) is 56.8 Å². The first-order valence-electron chi connectivity index (χ1n) is 10.4. The van der Waals surface area contributed by atoms with Gasteiger partial charge in [-0.3, -0.25) is 19.2 Å². The number of amides is 3. The zero-order valence-corrected chi connectivity index (χ0v) is 18.0. The first-order valence-corrected chi connectivity index (χ1v) is 10.4. The van der Waals surface area contributed by atoms with Gasteiger partial charge in [0.1, 0.15) is 23.9 Å². The number of carbonyl (C=O) groups excluding carboxylic acids is 3. The fourth-order valence-electron chi connectivity index (χ4n) is 3.31. The number of phenols is 1. The highest BCUT2D eigenvalue weighted by atomic mass is 16.4. The fraction of sp³-hybridized carbons (Fsp3) is 0.476. The molecule has 0 radical (unpaired) electrons. The van der Waals surface area contributed by atoms with Gasteiger partial charge in [0.25, 0.3) is 0 Å². The van der Waals surface area contributed by atoms with Gasteiger partial charge in [-0.1, -0.05) is 12.1 Å². The van der Waals surface area contributed by atoms with Crippen LogP contribution in [0.2, 0.25) is 0 Å². The summed E-state index contributed by atoms with van der Waals surface area (Å²) in [7, 11) is 0. The van der Waals surface area contributed by atoms with Crippen LogP contribution >= 0.6 is 0 Å². The highest BCUT2D eigenvalue weighted by Gasteiger charge is 2.31. The molecule has 12 heteroatoms. The van der Waals surface area contributed by atoms with Gasteiger partial charge < -0.3 is 36.6 Å². The number of carbonyl (C=O) groups is 5. The van der Waals surface area contributed by atoms with Gasteiger partial charge in [-0.05, 0) is 44.0 Å². The zero-order valence-electron chi connectivity index (χ0n) is 18.0. The van der Waals surface area contributed by atoms with E-state index < -0.39 is 54.3 Å². The smallest absolute Gasteiger partial charge is 0.326 e. The molecule has 1 aliphatic heterocycles. The van der Waals surface area contributed by atoms with E-state index in [1.165, 1.54) is 31.2 Å². The summed E-state index contributed by atoms with van der Waals surface area (Å²) in [5, 5.41) is 37.9. The highest BCUT2D eigenvalue weighted by Crippen LogP contribution is 2.12. The summed E-state index contributed by atoms with van der Waals surface area (Å²) in [5.41, 5.74) is 0.510. The summed E-state index contributed by atoms with van der Waals surface area (Å²) in [4.78, 5) is 60.1. The minimum Gasteiger partial charge on any atom is -0.508 e. The number of nitrogens with one attached hydrogen (secondary N) is 4. The van der Waals surface area contributed by atoms with Crippen LogP contribution in [0.25, 0.3) is 0 Å². The SMILES string of the molecule is CC(NC(=O)C1CCCN1)C(=O)NC(CC(=O)O)C(=O)NC(Cc1ccc(O)cc1)C(=O)O. The Labute approximate surface area is 189 Å². The molecule has 0 aromatic heterocycles. The van der Waals surface area contributed by atoms with Crippen molar-refractivity contribution in [2.24, 2.45) is 0 Å². The summed E-state index contributed by atoms with van der Waals surface area (Å²) < 4.78 is 0. The molecular formula is C21H28N4O8. The summed E-state index contributed by atoms with van der Waals surface area (Å²) >= 11 is 0. The van der Waals surface area contributed by atoms with Gasteiger partial charge >= 0.3 is 11.9 Å². The minimum absolute atomic E-state index is 0.0104. The second-order valence-corrected chi connectivity index (χ2v) is 7.81. The number of phenolic OH excluding ortho intramolecular Hbond substituents is 1. The molecule has 3 amide bonds. The largest absolute Gasteiger partial charge is 0.508 e. The first kappa shape index (κ1) is 25.6. The number of benzene rings is 1. The van der Waals surface area contributed by atoms with Crippen LogP contribution in [-0.4, -0.2) is 75.7 Å². The van der Waals surface area contributed by atoms with Crippen molar-refractivity contribution < 1.29 is 39.3 Å². The summed E-state index contributed by atoms with van der Waals surface area (Å²) in [5.74, 6) is -4.91. The zero-order chi connectivity index (χ0) is 24.5. The molecule has 1 fully saturated rings. The van der Waals surface area contributed by atoms with Gasteiger partial charge in [0.15, 0.2) is 0 Å². The second kappa shape index (κ2) is 11.8. The van der Waals surface area contributed by atoms with Gasteiger partial charge in [0.2, 0.25) is 17.7 Å². The first-order chi connectivity index (χ1) is 15.6. The van der Waals surface area contributed by atoms with Crippen molar-refractivity contribution >= 4 is 29.7 Å². The lowest BCUT2D eigenvalue weighted by Gasteiger charge is -2.23. The molecule has 2 rings (SSSR count). The predicted octanol–water partition coefficient (Wildman–Crippen LogP) is -1.28. The maximum atomic E-state index is 12.6. The molecule has 0 aliphatic carbocycles. The van der Waals surface area contributed by atoms with Crippen molar-refractivity contribution in [3.8, 4) is 5.75 Å². The standard InChI is InChI=1S/C21H28N4O8/c1-11(23-19(30)14-3-2-8-22-14)18(29)24-15(10-17(27)28)20(31)25-16(21(32)33)9-12-4-6-13(26)7-5-12/h4-7,11,14-16,22,26H,2-3,8-10H2,1H3,(H,23,30)(H,24,29)(H,25,31)(H,27,28)(H,32,33). The van der Waals surface area contributed by atoms with Gasteiger partial charge in [-0.15, -0.1) is 0 Å². The number of aromatic hydroxyl groups is 1. The van der Waals surface area contributed by atoms with Crippen molar-refractivity contribution in [1.82, 2.24) is 21.3 Å². The Bertz CT molecular complexity index is 883. The number of carboxylic acid groups (broad SMARTS) is 2. The maximum Gasteiger partial charge on any atom is 0.326 e. The average Bonchev–Trinajstić information content (AvgIpc) is 3.28. The predicted molar refractivity (Wildman–Crippen MR) is 114 cm³/mol. The van der Waals surface area contributed by atoms with Crippen LogP contribution in [0, 0.1) is 0 Å². The van der Waals surface area contributed by atoms with E-state index in [0.717, 1.165) is 6.42 Å². The third-order valence-electron chi connectivity index (χ3n) is 5.13. The van der Waals surface area contributed by atoms with Gasteiger partial charge in [0, 0.05) is 6.42 Å². The van der Waals surface area contributed by atoms with E-state index in [4.69, 9.17) is 5.11 Å². The highest BCUT2D eigenvalue weighted by molar-refractivity contribution is 5.95. The molecule has 4 atom stereocenters. The number of rotatable bonds is 11. The Balaban J connectivity index is 2.01. The third kappa shape index (κ3) is 8.07. The number of hydrogen-bond donors (Lipinski definition) is 7. The topological polar surface area (TPSA) is 194 Å². The fourth-order valence-corrected chi connectivity index (χ4v) is 3.31. The van der Waals surface area contributed by atoms with Gasteiger partial charge in [0.05, 0.1) is 12.5 Å². The van der Waals surface area contributed by atoms with Crippen molar-refractivity contribution in [3.63, 3.8) is 0 Å². The molecule has 180 valence electrons. The van der Waals surface area contributed by atoms with Crippen molar-refractivity contribution in [1.29, 1.82) is 0 Å². The normalized spacial score (nSPS) is 17.9. The van der Waals surface area contributed by atoms with E-state index in [9.17, 15) is 34.2 Å². The molecule has 12 nitrogen and oxygen atoms in total. The van der Waals surface area contributed by atoms with Crippen LogP contribution in [0.4, 0.5) is 0 Å². The Morgan fingerprint density at radius 3 is 2.18 bits per heavy atom. The lowest BCUT2D eigenvalue weighted by atomic mass is 10.0. The molecule has 7 N–H and O–H groups in total. The number of aliphatic carboxylic acids is 2. The van der Waals surface area contributed by atoms with Crippen LogP contribution in [0.1, 0.15) is 31.7 Å². The molecule has 1 aromatic rings. The Hall–Kier alpha value is -3.67. The quantitative estimate of drug-likeness (QED) is 0.209. The molecule has 1 heterocycles. The maximum absolute atomic E-state index is 12.6. The van der Waals surface area contributed by atoms with Crippen molar-refractivity contribution in [2.75, 3.05) is 6.54 Å². The number of carboxylic acids is 2. The Morgan fingerprint density at radius 2 is 1.64 bits per heavy atom. The van der Waals surface area contributed by atoms with E-state index in [1.807, 2.05) is 0 Å². The number of hydrogen-bond acceptors (Lipinski definition) is 7. The van der Waals surface area contributed by atoms with E-state index in [2.05, 4.69) is 21.3 Å². The van der Waals surface area contributed by atoms with Gasteiger partial charge in [-0.25, -0.2) is 4.79 Å². The molecule has 0 saturated carbocycles. The lowest BCUT2D eigenvalue weighted by molar-refractivity contribution is -0.143. The molecule has 0 bridgehead atoms. The molecule has 1 saturated heterocycles. The van der Waals surface area contributed by atoms with Gasteiger partial charge in [-0.2, -0.15) is 0 Å². The van der Waals surface area contributed by atoms with Crippen LogP contribution in [0.3, 0.4) is 0 Å². The van der Waals surface area contributed by atoms with Crippen LogP contribution in [-0.2, 0) is 30.4 Å². The van der Waals surface area contributed by atoms with E-state index in [-0.39, 0.29) is 18.1 Å². The van der Waals surface area contributed by atoms with Crippen molar-refractivity contribution in [3.05, 3.63) is 29.8 Å². The molecule has 1 aliphatic rings. The Morgan fingerprint density at radius 1 is 1.00 bits per heavy atom. The average molecular weight is 464 g/mol. The molecule has 1 aromatic carbocycles. The summed E-state index contributed by atoms with van der Waals surface area (Å²) in [6, 6.07) is 1.27. The molecular weight excluding hydrogens is 436 g/mol. The van der Waals surface area contributed by atoms with Crippen LogP contribution in [0.15, 0.2) is 24.3 Å². The molecule has 4 unspecified atom stereocenters. The third-order valence-corrected chi connectivity index (χ3v) is 5.13.